The average molecular weight is 435 g/mol. The Morgan fingerprint density at radius 2 is 2.03 bits per heavy atom. The average Bonchev–Trinajstić information content (AvgIpc) is 3.07. The Balaban J connectivity index is 1.59. The van der Waals surface area contributed by atoms with E-state index in [0.29, 0.717) is 6.42 Å². The highest BCUT2D eigenvalue weighted by Crippen LogP contribution is 2.70. The van der Waals surface area contributed by atoms with Crippen LogP contribution in [0.15, 0.2) is 23.8 Å². The van der Waals surface area contributed by atoms with Crippen molar-refractivity contribution in [2.75, 3.05) is 5.88 Å². The van der Waals surface area contributed by atoms with Gasteiger partial charge in [0.25, 0.3) is 0 Å². The number of rotatable bonds is 2. The fourth-order valence-electron chi connectivity index (χ4n) is 8.02. The molecule has 0 bridgehead atoms. The summed E-state index contributed by atoms with van der Waals surface area (Å²) in [6.07, 6.45) is 7.36. The van der Waals surface area contributed by atoms with Gasteiger partial charge in [-0.3, -0.25) is 9.59 Å². The van der Waals surface area contributed by atoms with Gasteiger partial charge in [0, 0.05) is 16.7 Å². The van der Waals surface area contributed by atoms with Crippen molar-refractivity contribution >= 4 is 23.2 Å². The van der Waals surface area contributed by atoms with Crippen LogP contribution in [-0.2, 0) is 19.1 Å². The molecule has 30 heavy (non-hydrogen) atoms. The summed E-state index contributed by atoms with van der Waals surface area (Å²) in [5.41, 5.74) is -0.884. The van der Waals surface area contributed by atoms with Crippen LogP contribution in [0.25, 0.3) is 0 Å². The standard InChI is InChI=1S/C24H31ClO5/c1-21(2)29-19-10-16-15-6-5-13-9-14(26)7-8-22(13,3)20(15)17(27)11-23(16,4)24(19,30-21)18(28)12-25/h7-9,15-17,19-20,27H,5-6,10-12H2,1-4H3/t15-,16-,17-,19-,20+,22-,23-,24+/m0/s1. The lowest BCUT2D eigenvalue weighted by atomic mass is 9.46. The number of carbonyl (C=O) groups is 2. The molecular formula is C24H31ClO5. The summed E-state index contributed by atoms with van der Waals surface area (Å²) in [5.74, 6) is -0.678. The van der Waals surface area contributed by atoms with Crippen molar-refractivity contribution < 1.29 is 24.2 Å². The Morgan fingerprint density at radius 3 is 2.73 bits per heavy atom. The number of ether oxygens (including phenoxy) is 2. The maximum absolute atomic E-state index is 13.3. The van der Waals surface area contributed by atoms with Gasteiger partial charge < -0.3 is 14.6 Å². The molecule has 3 saturated carbocycles. The Bertz CT molecular complexity index is 877. The topological polar surface area (TPSA) is 72.8 Å². The third-order valence-electron chi connectivity index (χ3n) is 9.02. The monoisotopic (exact) mass is 434 g/mol. The van der Waals surface area contributed by atoms with Gasteiger partial charge in [0.1, 0.15) is 0 Å². The lowest BCUT2D eigenvalue weighted by Gasteiger charge is -2.59. The van der Waals surface area contributed by atoms with Crippen LogP contribution >= 0.6 is 11.6 Å². The van der Waals surface area contributed by atoms with Gasteiger partial charge in [-0.15, -0.1) is 11.6 Å². The number of aliphatic hydroxyl groups is 1. The molecule has 0 unspecified atom stereocenters. The highest BCUT2D eigenvalue weighted by Gasteiger charge is 2.76. The van der Waals surface area contributed by atoms with Crippen molar-refractivity contribution in [2.45, 2.75) is 77.0 Å². The molecule has 1 N–H and O–H groups in total. The fraction of sp³-hybridized carbons (Fsp3) is 0.750. The zero-order chi connectivity index (χ0) is 21.7. The fourth-order valence-corrected chi connectivity index (χ4v) is 8.22. The van der Waals surface area contributed by atoms with Crippen molar-refractivity contribution in [1.29, 1.82) is 0 Å². The summed E-state index contributed by atoms with van der Waals surface area (Å²) in [6.45, 7) is 7.94. The molecule has 0 radical (unpaired) electrons. The van der Waals surface area contributed by atoms with E-state index in [1.807, 2.05) is 19.9 Å². The van der Waals surface area contributed by atoms with E-state index in [-0.39, 0.29) is 46.7 Å². The van der Waals surface area contributed by atoms with Crippen LogP contribution in [0.4, 0.5) is 0 Å². The molecule has 5 aliphatic rings. The molecule has 0 amide bonds. The number of hydrogen-bond donors (Lipinski definition) is 1. The minimum atomic E-state index is -1.12. The molecule has 0 spiro atoms. The summed E-state index contributed by atoms with van der Waals surface area (Å²) < 4.78 is 12.7. The normalized spacial score (nSPS) is 50.9. The van der Waals surface area contributed by atoms with Crippen LogP contribution in [0, 0.1) is 28.6 Å². The van der Waals surface area contributed by atoms with E-state index in [1.165, 1.54) is 0 Å². The molecule has 0 aromatic heterocycles. The molecule has 1 saturated heterocycles. The number of allylic oxidation sites excluding steroid dienone is 4. The Morgan fingerprint density at radius 1 is 1.30 bits per heavy atom. The summed E-state index contributed by atoms with van der Waals surface area (Å²) in [6, 6.07) is 0. The Hall–Kier alpha value is -1.01. The van der Waals surface area contributed by atoms with Crippen molar-refractivity contribution in [2.24, 2.45) is 28.6 Å². The summed E-state index contributed by atoms with van der Waals surface area (Å²) in [5, 5.41) is 11.5. The van der Waals surface area contributed by atoms with Crippen LogP contribution in [0.1, 0.15) is 53.4 Å². The minimum Gasteiger partial charge on any atom is -0.393 e. The molecule has 0 aromatic rings. The zero-order valence-electron chi connectivity index (χ0n) is 18.1. The predicted octanol–water partition coefficient (Wildman–Crippen LogP) is 3.57. The summed E-state index contributed by atoms with van der Waals surface area (Å²) >= 11 is 6.08. The molecule has 4 fully saturated rings. The third-order valence-corrected chi connectivity index (χ3v) is 9.27. The lowest BCUT2D eigenvalue weighted by Crippen LogP contribution is -2.63. The first-order valence-corrected chi connectivity index (χ1v) is 11.6. The summed E-state index contributed by atoms with van der Waals surface area (Å²) in [4.78, 5) is 25.3. The lowest BCUT2D eigenvalue weighted by molar-refractivity contribution is -0.223. The van der Waals surface area contributed by atoms with Gasteiger partial charge in [-0.05, 0) is 63.5 Å². The molecule has 8 atom stereocenters. The quantitative estimate of drug-likeness (QED) is 0.672. The van der Waals surface area contributed by atoms with Crippen LogP contribution in [0.3, 0.4) is 0 Å². The Kier molecular flexibility index (Phi) is 4.37. The smallest absolute Gasteiger partial charge is 0.182 e. The first-order valence-electron chi connectivity index (χ1n) is 11.1. The molecule has 5 rings (SSSR count). The SMILES string of the molecule is CC1(C)O[C@H]2C[C@H]3[C@@H]4CCC5=CC(=O)C=C[C@]5(C)[C@H]4[C@@H](O)C[C@]3(C)[C@]2(C(=O)CCl)O1. The van der Waals surface area contributed by atoms with E-state index in [0.717, 1.165) is 24.8 Å². The zero-order valence-corrected chi connectivity index (χ0v) is 18.9. The highest BCUT2D eigenvalue weighted by atomic mass is 35.5. The molecule has 164 valence electrons. The van der Waals surface area contributed by atoms with E-state index in [1.54, 1.807) is 12.2 Å². The molecule has 1 aliphatic heterocycles. The first kappa shape index (κ1) is 20.9. The number of aliphatic hydroxyl groups excluding tert-OH is 1. The highest BCUT2D eigenvalue weighted by molar-refractivity contribution is 6.29. The maximum Gasteiger partial charge on any atom is 0.182 e. The van der Waals surface area contributed by atoms with Crippen LogP contribution in [0.2, 0.25) is 0 Å². The van der Waals surface area contributed by atoms with E-state index in [9.17, 15) is 14.7 Å². The van der Waals surface area contributed by atoms with E-state index >= 15 is 0 Å². The molecule has 0 aromatic carbocycles. The molecule has 1 heterocycles. The van der Waals surface area contributed by atoms with Gasteiger partial charge in [-0.2, -0.15) is 0 Å². The number of Topliss-reactive ketones (excluding diaryl/α,β-unsaturated/α-hetero) is 1. The van der Waals surface area contributed by atoms with E-state index < -0.39 is 22.9 Å². The second kappa shape index (κ2) is 6.28. The molecule has 4 aliphatic carbocycles. The number of carbonyl (C=O) groups excluding carboxylic acids is 2. The molecule has 6 heteroatoms. The van der Waals surface area contributed by atoms with Gasteiger partial charge in [0.05, 0.1) is 18.1 Å². The van der Waals surface area contributed by atoms with Crippen molar-refractivity contribution in [3.8, 4) is 0 Å². The minimum absolute atomic E-state index is 0.00918. The largest absolute Gasteiger partial charge is 0.393 e. The second-order valence-corrected chi connectivity index (χ2v) is 11.1. The van der Waals surface area contributed by atoms with Crippen LogP contribution in [-0.4, -0.2) is 46.1 Å². The van der Waals surface area contributed by atoms with Gasteiger partial charge in [-0.1, -0.05) is 25.5 Å². The number of fused-ring (bicyclic) bond motifs is 7. The van der Waals surface area contributed by atoms with Crippen molar-refractivity contribution in [3.63, 3.8) is 0 Å². The van der Waals surface area contributed by atoms with E-state index in [4.69, 9.17) is 21.1 Å². The molecule has 5 nitrogen and oxygen atoms in total. The van der Waals surface area contributed by atoms with Gasteiger partial charge in [0.15, 0.2) is 23.0 Å². The van der Waals surface area contributed by atoms with Gasteiger partial charge in [0.2, 0.25) is 0 Å². The number of hydrogen-bond acceptors (Lipinski definition) is 5. The first-order chi connectivity index (χ1) is 14.0. The van der Waals surface area contributed by atoms with Gasteiger partial charge >= 0.3 is 0 Å². The van der Waals surface area contributed by atoms with Crippen molar-refractivity contribution in [3.05, 3.63) is 23.8 Å². The second-order valence-electron chi connectivity index (χ2n) is 10.8. The van der Waals surface area contributed by atoms with Crippen LogP contribution in [0.5, 0.6) is 0 Å². The number of ketones is 2. The number of halogens is 1. The maximum atomic E-state index is 13.3. The van der Waals surface area contributed by atoms with Gasteiger partial charge in [-0.25, -0.2) is 0 Å². The number of alkyl halides is 1. The third kappa shape index (κ3) is 2.41. The Labute approximate surface area is 182 Å². The van der Waals surface area contributed by atoms with Crippen LogP contribution < -0.4 is 0 Å². The van der Waals surface area contributed by atoms with E-state index in [2.05, 4.69) is 13.8 Å². The van der Waals surface area contributed by atoms with Crippen molar-refractivity contribution in [1.82, 2.24) is 0 Å². The summed E-state index contributed by atoms with van der Waals surface area (Å²) in [7, 11) is 0. The molecular weight excluding hydrogens is 404 g/mol. The predicted molar refractivity (Wildman–Crippen MR) is 112 cm³/mol.